The number of furan rings is 1. The maximum absolute atomic E-state index is 13.5. The van der Waals surface area contributed by atoms with Crippen molar-refractivity contribution in [3.05, 3.63) is 78.8 Å². The molecule has 1 N–H and O–H groups in total. The molecule has 4 nitrogen and oxygen atoms in total. The molecule has 0 aliphatic rings. The smallest absolute Gasteiger partial charge is 0.137 e. The van der Waals surface area contributed by atoms with Gasteiger partial charge < -0.3 is 9.73 Å². The molecule has 0 bridgehead atoms. The number of benzene rings is 2. The maximum Gasteiger partial charge on any atom is 0.137 e. The van der Waals surface area contributed by atoms with Crippen LogP contribution in [-0.4, -0.2) is 16.5 Å². The van der Waals surface area contributed by atoms with Gasteiger partial charge >= 0.3 is 0 Å². The topological polar surface area (TPSA) is 51.0 Å². The lowest BCUT2D eigenvalue weighted by Crippen LogP contribution is -2.07. The first-order valence-electron chi connectivity index (χ1n) is 8.05. The Morgan fingerprint density at radius 1 is 0.960 bits per heavy atom. The van der Waals surface area contributed by atoms with Crippen molar-refractivity contribution in [3.8, 4) is 11.1 Å². The van der Waals surface area contributed by atoms with Crippen LogP contribution in [0.15, 0.2) is 71.8 Å². The molecule has 2 aromatic carbocycles. The maximum atomic E-state index is 13.5. The summed E-state index contributed by atoms with van der Waals surface area (Å²) >= 11 is 0. The Balaban J connectivity index is 1.43. The van der Waals surface area contributed by atoms with E-state index in [-0.39, 0.29) is 5.82 Å². The molecule has 0 aliphatic carbocycles. The highest BCUT2D eigenvalue weighted by Crippen LogP contribution is 2.21. The predicted molar refractivity (Wildman–Crippen MR) is 95.8 cm³/mol. The summed E-state index contributed by atoms with van der Waals surface area (Å²) in [6, 6.07) is 14.8. The summed E-state index contributed by atoms with van der Waals surface area (Å²) in [6.45, 7) is 0.702. The highest BCUT2D eigenvalue weighted by Gasteiger charge is 2.05. The van der Waals surface area contributed by atoms with Crippen LogP contribution in [0.3, 0.4) is 0 Å². The van der Waals surface area contributed by atoms with E-state index in [1.807, 2.05) is 6.07 Å². The third-order valence-electron chi connectivity index (χ3n) is 4.11. The number of aromatic nitrogens is 2. The lowest BCUT2D eigenvalue weighted by atomic mass is 10.1. The van der Waals surface area contributed by atoms with Crippen LogP contribution in [0.2, 0.25) is 0 Å². The van der Waals surface area contributed by atoms with Crippen molar-refractivity contribution in [2.45, 2.75) is 6.42 Å². The predicted octanol–water partition coefficient (Wildman–Crippen LogP) is 4.68. The fraction of sp³-hybridized carbons (Fsp3) is 0.100. The fourth-order valence-corrected chi connectivity index (χ4v) is 2.79. The average Bonchev–Trinajstić information content (AvgIpc) is 3.17. The molecule has 0 amide bonds. The summed E-state index contributed by atoms with van der Waals surface area (Å²) in [6.07, 6.45) is 5.73. The average molecular weight is 333 g/mol. The van der Waals surface area contributed by atoms with Crippen molar-refractivity contribution in [2.24, 2.45) is 0 Å². The highest BCUT2D eigenvalue weighted by molar-refractivity contribution is 5.88. The molecule has 0 atom stereocenters. The first kappa shape index (κ1) is 15.3. The number of fused-ring (bicyclic) bond motifs is 1. The third kappa shape index (κ3) is 3.35. The molecular formula is C20H16FN3O. The minimum absolute atomic E-state index is 0.291. The van der Waals surface area contributed by atoms with E-state index in [0.29, 0.717) is 17.7 Å². The van der Waals surface area contributed by atoms with E-state index in [0.717, 1.165) is 23.1 Å². The normalized spacial score (nSPS) is 10.9. The Morgan fingerprint density at radius 3 is 2.64 bits per heavy atom. The molecule has 0 saturated carbocycles. The van der Waals surface area contributed by atoms with Gasteiger partial charge in [-0.3, -0.25) is 0 Å². The Morgan fingerprint density at radius 2 is 1.84 bits per heavy atom. The number of rotatable bonds is 5. The Hall–Kier alpha value is -3.21. The Kier molecular flexibility index (Phi) is 4.12. The number of hydrogen-bond donors (Lipinski definition) is 1. The van der Waals surface area contributed by atoms with Gasteiger partial charge in [0.15, 0.2) is 0 Å². The zero-order valence-electron chi connectivity index (χ0n) is 13.4. The van der Waals surface area contributed by atoms with E-state index in [4.69, 9.17) is 4.42 Å². The molecule has 0 saturated heterocycles. The van der Waals surface area contributed by atoms with Gasteiger partial charge in [0.2, 0.25) is 0 Å². The van der Waals surface area contributed by atoms with Gasteiger partial charge in [-0.25, -0.2) is 14.4 Å². The van der Waals surface area contributed by atoms with Gasteiger partial charge in [0.05, 0.1) is 18.0 Å². The largest absolute Gasteiger partial charge is 0.472 e. The van der Waals surface area contributed by atoms with Crippen LogP contribution in [0.4, 0.5) is 10.2 Å². The minimum atomic E-state index is -0.291. The van der Waals surface area contributed by atoms with Crippen LogP contribution in [0.1, 0.15) is 5.56 Å². The zero-order chi connectivity index (χ0) is 17.1. The van der Waals surface area contributed by atoms with Gasteiger partial charge in [0, 0.05) is 17.5 Å². The van der Waals surface area contributed by atoms with Crippen molar-refractivity contribution >= 4 is 16.7 Å². The number of anilines is 1. The second-order valence-electron chi connectivity index (χ2n) is 5.77. The van der Waals surface area contributed by atoms with Crippen LogP contribution in [0.5, 0.6) is 0 Å². The molecule has 2 aromatic heterocycles. The van der Waals surface area contributed by atoms with E-state index in [9.17, 15) is 4.39 Å². The standard InChI is InChI=1S/C20H16FN3O/c21-17-5-6-19-18(11-17)20(24-13-23-19)22-9-7-14-1-3-15(4-2-14)16-8-10-25-12-16/h1-6,8,10-13H,7,9H2,(H,22,23,24). The second-order valence-corrected chi connectivity index (χ2v) is 5.77. The van der Waals surface area contributed by atoms with Crippen molar-refractivity contribution in [1.82, 2.24) is 9.97 Å². The van der Waals surface area contributed by atoms with Crippen molar-refractivity contribution < 1.29 is 8.81 Å². The van der Waals surface area contributed by atoms with Gasteiger partial charge in [-0.1, -0.05) is 24.3 Å². The van der Waals surface area contributed by atoms with E-state index < -0.39 is 0 Å². The number of nitrogens with zero attached hydrogens (tertiary/aromatic N) is 2. The van der Waals surface area contributed by atoms with Crippen LogP contribution in [0.25, 0.3) is 22.0 Å². The molecule has 0 aliphatic heterocycles. The monoisotopic (exact) mass is 333 g/mol. The summed E-state index contributed by atoms with van der Waals surface area (Å²) in [7, 11) is 0. The van der Waals surface area contributed by atoms with Crippen molar-refractivity contribution in [3.63, 3.8) is 0 Å². The molecule has 4 rings (SSSR count). The zero-order valence-corrected chi connectivity index (χ0v) is 13.4. The van der Waals surface area contributed by atoms with Crippen molar-refractivity contribution in [2.75, 3.05) is 11.9 Å². The molecule has 2 heterocycles. The fourth-order valence-electron chi connectivity index (χ4n) is 2.79. The van der Waals surface area contributed by atoms with Crippen LogP contribution >= 0.6 is 0 Å². The number of hydrogen-bond acceptors (Lipinski definition) is 4. The van der Waals surface area contributed by atoms with Crippen LogP contribution in [0, 0.1) is 5.82 Å². The summed E-state index contributed by atoms with van der Waals surface area (Å²) in [5.74, 6) is 0.361. The number of nitrogens with one attached hydrogen (secondary N) is 1. The molecule has 124 valence electrons. The summed E-state index contributed by atoms with van der Waals surface area (Å²) in [4.78, 5) is 8.39. The lowest BCUT2D eigenvalue weighted by Gasteiger charge is -2.09. The first-order chi connectivity index (χ1) is 12.3. The molecule has 4 aromatic rings. The highest BCUT2D eigenvalue weighted by atomic mass is 19.1. The lowest BCUT2D eigenvalue weighted by molar-refractivity contribution is 0.568. The minimum Gasteiger partial charge on any atom is -0.472 e. The van der Waals surface area contributed by atoms with Crippen LogP contribution < -0.4 is 5.32 Å². The van der Waals surface area contributed by atoms with Gasteiger partial charge in [-0.2, -0.15) is 0 Å². The molecule has 25 heavy (non-hydrogen) atoms. The molecular weight excluding hydrogens is 317 g/mol. The molecule has 0 spiro atoms. The van der Waals surface area contributed by atoms with E-state index in [2.05, 4.69) is 39.6 Å². The van der Waals surface area contributed by atoms with Gasteiger partial charge in [-0.05, 0) is 41.8 Å². The van der Waals surface area contributed by atoms with E-state index in [1.54, 1.807) is 18.6 Å². The third-order valence-corrected chi connectivity index (χ3v) is 4.11. The Bertz CT molecular complexity index is 982. The Labute approximate surface area is 144 Å². The molecule has 0 unspecified atom stereocenters. The molecule has 5 heteroatoms. The summed E-state index contributed by atoms with van der Waals surface area (Å²) < 4.78 is 18.6. The molecule has 0 radical (unpaired) electrons. The van der Waals surface area contributed by atoms with Gasteiger partial charge in [-0.15, -0.1) is 0 Å². The quantitative estimate of drug-likeness (QED) is 0.576. The summed E-state index contributed by atoms with van der Waals surface area (Å²) in [5, 5.41) is 3.97. The second kappa shape index (κ2) is 6.73. The SMILES string of the molecule is Fc1ccc2ncnc(NCCc3ccc(-c4ccoc4)cc3)c2c1. The summed E-state index contributed by atoms with van der Waals surface area (Å²) in [5.41, 5.74) is 4.13. The number of halogens is 1. The van der Waals surface area contributed by atoms with Crippen LogP contribution in [-0.2, 0) is 6.42 Å². The van der Waals surface area contributed by atoms with E-state index in [1.165, 1.54) is 24.0 Å². The van der Waals surface area contributed by atoms with Gasteiger partial charge in [0.1, 0.15) is 18.0 Å². The van der Waals surface area contributed by atoms with Crippen molar-refractivity contribution in [1.29, 1.82) is 0 Å². The van der Waals surface area contributed by atoms with E-state index >= 15 is 0 Å². The first-order valence-corrected chi connectivity index (χ1v) is 8.05. The van der Waals surface area contributed by atoms with Gasteiger partial charge in [0.25, 0.3) is 0 Å². The molecule has 0 fully saturated rings.